The number of aromatic nitrogens is 4. The van der Waals surface area contributed by atoms with Crippen molar-refractivity contribution in [1.29, 1.82) is 0 Å². The van der Waals surface area contributed by atoms with Gasteiger partial charge in [-0.2, -0.15) is 9.61 Å². The molecule has 11 heteroatoms. The zero-order valence-corrected chi connectivity index (χ0v) is 19.2. The molecule has 0 unspecified atom stereocenters. The summed E-state index contributed by atoms with van der Waals surface area (Å²) in [6.45, 7) is 5.34. The van der Waals surface area contributed by atoms with Gasteiger partial charge in [-0.05, 0) is 45.7 Å². The van der Waals surface area contributed by atoms with E-state index in [1.807, 2.05) is 6.07 Å². The Labute approximate surface area is 190 Å². The van der Waals surface area contributed by atoms with Crippen molar-refractivity contribution < 1.29 is 23.8 Å². The molecular formula is C22H26N6O5. The third kappa shape index (κ3) is 4.97. The normalized spacial score (nSPS) is 13.5. The number of hydrogen-bond donors (Lipinski definition) is 1. The van der Waals surface area contributed by atoms with Gasteiger partial charge in [0.25, 0.3) is 0 Å². The van der Waals surface area contributed by atoms with E-state index in [-0.39, 0.29) is 17.3 Å². The summed E-state index contributed by atoms with van der Waals surface area (Å²) in [5.74, 6) is 0.540. The number of pyridine rings is 1. The van der Waals surface area contributed by atoms with Gasteiger partial charge in [0, 0.05) is 19.3 Å². The van der Waals surface area contributed by atoms with E-state index < -0.39 is 17.7 Å². The van der Waals surface area contributed by atoms with Gasteiger partial charge in [0.1, 0.15) is 34.6 Å². The molecule has 0 aromatic carbocycles. The number of esters is 1. The fourth-order valence-electron chi connectivity index (χ4n) is 2.99. The van der Waals surface area contributed by atoms with E-state index in [0.29, 0.717) is 23.2 Å². The van der Waals surface area contributed by atoms with Crippen LogP contribution < -0.4 is 15.0 Å². The van der Waals surface area contributed by atoms with Gasteiger partial charge < -0.3 is 19.5 Å². The van der Waals surface area contributed by atoms with E-state index >= 15 is 0 Å². The van der Waals surface area contributed by atoms with Crippen LogP contribution >= 0.6 is 0 Å². The van der Waals surface area contributed by atoms with Crippen molar-refractivity contribution in [1.82, 2.24) is 19.6 Å². The molecule has 1 saturated carbocycles. The number of nitrogens with one attached hydrogen (secondary N) is 1. The number of nitrogens with zero attached hydrogens (tertiary/aromatic N) is 5. The second-order valence-corrected chi connectivity index (χ2v) is 8.62. The molecule has 3 aromatic rings. The van der Waals surface area contributed by atoms with Crippen LogP contribution in [0.15, 0.2) is 30.6 Å². The van der Waals surface area contributed by atoms with E-state index in [0.717, 1.165) is 12.8 Å². The molecule has 3 aromatic heterocycles. The van der Waals surface area contributed by atoms with E-state index in [4.69, 9.17) is 14.2 Å². The van der Waals surface area contributed by atoms with Crippen LogP contribution in [0.2, 0.25) is 0 Å². The number of hydrogen-bond acceptors (Lipinski definition) is 9. The largest absolute Gasteiger partial charge is 0.473 e. The van der Waals surface area contributed by atoms with Crippen molar-refractivity contribution in [2.24, 2.45) is 0 Å². The van der Waals surface area contributed by atoms with E-state index in [2.05, 4.69) is 20.4 Å². The predicted octanol–water partition coefficient (Wildman–Crippen LogP) is 3.57. The number of amides is 1. The molecule has 0 bridgehead atoms. The minimum absolute atomic E-state index is 0.153. The molecule has 11 nitrogen and oxygen atoms in total. The lowest BCUT2D eigenvalue weighted by atomic mass is 10.2. The molecule has 0 saturated heterocycles. The Bertz CT molecular complexity index is 1200. The van der Waals surface area contributed by atoms with Crippen LogP contribution in [-0.2, 0) is 9.47 Å². The zero-order valence-electron chi connectivity index (χ0n) is 19.2. The maximum atomic E-state index is 12.8. The van der Waals surface area contributed by atoms with Crippen molar-refractivity contribution in [3.8, 4) is 5.88 Å². The molecule has 174 valence electrons. The first-order chi connectivity index (χ1) is 15.7. The molecule has 3 heterocycles. The first kappa shape index (κ1) is 22.3. The van der Waals surface area contributed by atoms with Crippen LogP contribution in [0, 0.1) is 0 Å². The Morgan fingerprint density at radius 1 is 1.27 bits per heavy atom. The summed E-state index contributed by atoms with van der Waals surface area (Å²) >= 11 is 0. The van der Waals surface area contributed by atoms with Crippen molar-refractivity contribution in [3.63, 3.8) is 0 Å². The summed E-state index contributed by atoms with van der Waals surface area (Å²) in [6.07, 6.45) is 4.54. The average Bonchev–Trinajstić information content (AvgIpc) is 3.48. The molecule has 1 fully saturated rings. The first-order valence-corrected chi connectivity index (χ1v) is 10.5. The maximum Gasteiger partial charge on any atom is 0.415 e. The van der Waals surface area contributed by atoms with Crippen molar-refractivity contribution in [2.75, 3.05) is 24.4 Å². The topological polar surface area (TPSA) is 120 Å². The van der Waals surface area contributed by atoms with E-state index in [9.17, 15) is 9.59 Å². The van der Waals surface area contributed by atoms with Crippen LogP contribution in [0.5, 0.6) is 5.88 Å². The predicted molar refractivity (Wildman–Crippen MR) is 120 cm³/mol. The maximum absolute atomic E-state index is 12.8. The third-order valence-corrected chi connectivity index (χ3v) is 4.71. The number of carbonyl (C=O) groups excluding carboxylic acids is 2. The highest BCUT2D eigenvalue weighted by molar-refractivity contribution is 5.97. The van der Waals surface area contributed by atoms with Gasteiger partial charge in [0.2, 0.25) is 5.88 Å². The minimum atomic E-state index is -0.690. The Morgan fingerprint density at radius 3 is 2.70 bits per heavy atom. The molecule has 0 atom stereocenters. The van der Waals surface area contributed by atoms with Gasteiger partial charge in [-0.15, -0.1) is 0 Å². The highest BCUT2D eigenvalue weighted by Crippen LogP contribution is 2.32. The summed E-state index contributed by atoms with van der Waals surface area (Å²) in [5.41, 5.74) is 0.280. The molecule has 0 radical (unpaired) electrons. The van der Waals surface area contributed by atoms with Crippen LogP contribution in [0.4, 0.5) is 22.1 Å². The number of carbonyl (C=O) groups is 2. The van der Waals surface area contributed by atoms with Crippen molar-refractivity contribution >= 4 is 35.0 Å². The lowest BCUT2D eigenvalue weighted by Crippen LogP contribution is -2.35. The van der Waals surface area contributed by atoms with Gasteiger partial charge in [0.05, 0.1) is 13.3 Å². The smallest absolute Gasteiger partial charge is 0.415 e. The molecule has 0 aliphatic heterocycles. The highest BCUT2D eigenvalue weighted by atomic mass is 16.6. The Morgan fingerprint density at radius 2 is 2.03 bits per heavy atom. The summed E-state index contributed by atoms with van der Waals surface area (Å²) in [7, 11) is 2.83. The molecule has 1 aliphatic carbocycles. The van der Waals surface area contributed by atoms with Crippen molar-refractivity contribution in [3.05, 3.63) is 36.2 Å². The van der Waals surface area contributed by atoms with E-state index in [1.54, 1.807) is 46.1 Å². The SMILES string of the molecule is COC(=O)c1cnn2c(N(C)C(=O)OC(C)(C)C)cc(Nc3cccnc3OC3CC3)nc12. The number of ether oxygens (including phenoxy) is 3. The second kappa shape index (κ2) is 8.57. The minimum Gasteiger partial charge on any atom is -0.473 e. The number of methoxy groups -OCH3 is 1. The zero-order chi connectivity index (χ0) is 23.8. The molecular weight excluding hydrogens is 428 g/mol. The Hall–Kier alpha value is -3.89. The van der Waals surface area contributed by atoms with Crippen molar-refractivity contribution in [2.45, 2.75) is 45.3 Å². The van der Waals surface area contributed by atoms with Crippen LogP contribution in [-0.4, -0.2) is 57.5 Å². The second-order valence-electron chi connectivity index (χ2n) is 8.62. The quantitative estimate of drug-likeness (QED) is 0.557. The average molecular weight is 454 g/mol. The fourth-order valence-corrected chi connectivity index (χ4v) is 2.99. The van der Waals surface area contributed by atoms with Gasteiger partial charge >= 0.3 is 12.1 Å². The first-order valence-electron chi connectivity index (χ1n) is 10.5. The standard InChI is InChI=1S/C22H26N6O5/c1-22(2,3)33-21(30)27(4)17-11-16(26-18-14(20(29)31-5)12-24-28(17)18)25-15-7-6-10-23-19(15)32-13-8-9-13/h6-7,10-13H,8-9H2,1-5H3,(H,25,26). The number of anilines is 3. The van der Waals surface area contributed by atoms with Crippen LogP contribution in [0.25, 0.3) is 5.65 Å². The summed E-state index contributed by atoms with van der Waals surface area (Å²) in [6, 6.07) is 5.21. The van der Waals surface area contributed by atoms with Gasteiger partial charge in [-0.25, -0.2) is 19.6 Å². The molecule has 4 rings (SSSR count). The van der Waals surface area contributed by atoms with Gasteiger partial charge in [0.15, 0.2) is 5.65 Å². The number of fused-ring (bicyclic) bond motifs is 1. The Kier molecular flexibility index (Phi) is 5.79. The van der Waals surface area contributed by atoms with Gasteiger partial charge in [-0.3, -0.25) is 4.90 Å². The molecule has 1 N–H and O–H groups in total. The highest BCUT2D eigenvalue weighted by Gasteiger charge is 2.27. The summed E-state index contributed by atoms with van der Waals surface area (Å²) in [4.78, 5) is 35.2. The lowest BCUT2D eigenvalue weighted by Gasteiger charge is -2.25. The van der Waals surface area contributed by atoms with Crippen LogP contribution in [0.3, 0.4) is 0 Å². The molecule has 0 spiro atoms. The summed E-state index contributed by atoms with van der Waals surface area (Å²) < 4.78 is 17.6. The summed E-state index contributed by atoms with van der Waals surface area (Å²) in [5, 5.41) is 7.42. The van der Waals surface area contributed by atoms with E-state index in [1.165, 1.54) is 22.7 Å². The molecule has 1 amide bonds. The van der Waals surface area contributed by atoms with Crippen LogP contribution in [0.1, 0.15) is 44.0 Å². The monoisotopic (exact) mass is 454 g/mol. The van der Waals surface area contributed by atoms with Gasteiger partial charge in [-0.1, -0.05) is 0 Å². The molecule has 1 aliphatic rings. The Balaban J connectivity index is 1.77. The molecule has 33 heavy (non-hydrogen) atoms. The fraction of sp³-hybridized carbons (Fsp3) is 0.409. The lowest BCUT2D eigenvalue weighted by molar-refractivity contribution is 0.0583. The third-order valence-electron chi connectivity index (χ3n) is 4.71. The number of rotatable bonds is 6.